The van der Waals surface area contributed by atoms with Gasteiger partial charge in [-0.25, -0.2) is 0 Å². The first-order chi connectivity index (χ1) is 11.7. The van der Waals surface area contributed by atoms with Crippen LogP contribution in [0.15, 0.2) is 54.9 Å². The number of carbonyl (C=O) groups is 1. The van der Waals surface area contributed by atoms with E-state index in [1.54, 1.807) is 23.7 Å². The molecule has 122 valence electrons. The van der Waals surface area contributed by atoms with E-state index >= 15 is 0 Å². The molecule has 24 heavy (non-hydrogen) atoms. The zero-order valence-corrected chi connectivity index (χ0v) is 13.9. The molecule has 2 atom stereocenters. The van der Waals surface area contributed by atoms with Crippen LogP contribution in [0.4, 0.5) is 0 Å². The summed E-state index contributed by atoms with van der Waals surface area (Å²) < 4.78 is 1.23. The van der Waals surface area contributed by atoms with Crippen molar-refractivity contribution in [1.29, 1.82) is 0 Å². The third-order valence-corrected chi connectivity index (χ3v) is 5.82. The summed E-state index contributed by atoms with van der Waals surface area (Å²) in [6.45, 7) is 0.804. The van der Waals surface area contributed by atoms with Gasteiger partial charge < -0.3 is 5.11 Å². The summed E-state index contributed by atoms with van der Waals surface area (Å²) in [5.41, 5.74) is 1.10. The number of hydrogen-bond acceptors (Lipinski definition) is 4. The van der Waals surface area contributed by atoms with Gasteiger partial charge in [0.05, 0.1) is 6.04 Å². The first-order valence-corrected chi connectivity index (χ1v) is 8.92. The Morgan fingerprint density at radius 2 is 2.04 bits per heavy atom. The molecule has 0 radical (unpaired) electrons. The number of aromatic nitrogens is 1. The van der Waals surface area contributed by atoms with Gasteiger partial charge in [-0.1, -0.05) is 18.2 Å². The zero-order chi connectivity index (χ0) is 16.5. The van der Waals surface area contributed by atoms with Crippen molar-refractivity contribution in [2.45, 2.75) is 24.9 Å². The van der Waals surface area contributed by atoms with Crippen LogP contribution >= 0.6 is 11.3 Å². The van der Waals surface area contributed by atoms with E-state index in [1.807, 2.05) is 24.3 Å². The topological polar surface area (TPSA) is 53.4 Å². The van der Waals surface area contributed by atoms with E-state index in [0.29, 0.717) is 6.42 Å². The van der Waals surface area contributed by atoms with Crippen LogP contribution in [0.3, 0.4) is 0 Å². The molecule has 0 spiro atoms. The molecular weight excluding hydrogens is 320 g/mol. The molecule has 1 aliphatic heterocycles. The number of rotatable bonds is 4. The van der Waals surface area contributed by atoms with Gasteiger partial charge in [0.25, 0.3) is 0 Å². The second kappa shape index (κ2) is 6.34. The van der Waals surface area contributed by atoms with Crippen molar-refractivity contribution in [2.24, 2.45) is 0 Å². The zero-order valence-electron chi connectivity index (χ0n) is 13.1. The number of benzene rings is 1. The van der Waals surface area contributed by atoms with Crippen molar-refractivity contribution in [1.82, 2.24) is 9.88 Å². The second-order valence-corrected chi connectivity index (χ2v) is 7.22. The number of pyridine rings is 1. The van der Waals surface area contributed by atoms with Crippen LogP contribution in [0.5, 0.6) is 0 Å². The Hall–Kier alpha value is -2.24. The van der Waals surface area contributed by atoms with Crippen LogP contribution in [0.2, 0.25) is 0 Å². The number of likely N-dealkylation sites (tertiary alicyclic amines) is 1. The van der Waals surface area contributed by atoms with E-state index in [0.717, 1.165) is 18.5 Å². The highest BCUT2D eigenvalue weighted by Gasteiger charge is 2.37. The minimum Gasteiger partial charge on any atom is -0.480 e. The summed E-state index contributed by atoms with van der Waals surface area (Å²) in [7, 11) is 0. The van der Waals surface area contributed by atoms with Crippen LogP contribution in [0.1, 0.15) is 29.3 Å². The summed E-state index contributed by atoms with van der Waals surface area (Å²) in [5, 5.41) is 10.8. The van der Waals surface area contributed by atoms with Crippen LogP contribution in [0.25, 0.3) is 10.1 Å². The first-order valence-electron chi connectivity index (χ1n) is 8.11. The lowest BCUT2D eigenvalue weighted by molar-refractivity contribution is -0.142. The molecule has 3 heterocycles. The molecule has 1 aromatic carbocycles. The number of aliphatic carboxylic acids is 1. The Kier molecular flexibility index (Phi) is 4.04. The van der Waals surface area contributed by atoms with Gasteiger partial charge in [0.1, 0.15) is 6.04 Å². The molecule has 2 aromatic heterocycles. The Morgan fingerprint density at radius 3 is 2.79 bits per heavy atom. The largest absolute Gasteiger partial charge is 0.480 e. The predicted molar refractivity (Wildman–Crippen MR) is 95.3 cm³/mol. The van der Waals surface area contributed by atoms with E-state index < -0.39 is 12.0 Å². The summed E-state index contributed by atoms with van der Waals surface area (Å²) in [4.78, 5) is 19.1. The van der Waals surface area contributed by atoms with Crippen molar-refractivity contribution in [3.8, 4) is 0 Å². The monoisotopic (exact) mass is 338 g/mol. The fraction of sp³-hybridized carbons (Fsp3) is 0.263. The maximum absolute atomic E-state index is 11.7. The maximum Gasteiger partial charge on any atom is 0.320 e. The van der Waals surface area contributed by atoms with Gasteiger partial charge in [0.2, 0.25) is 0 Å². The van der Waals surface area contributed by atoms with Gasteiger partial charge >= 0.3 is 5.97 Å². The molecule has 1 fully saturated rings. The van der Waals surface area contributed by atoms with E-state index in [9.17, 15) is 9.90 Å². The Labute approximate surface area is 144 Å². The van der Waals surface area contributed by atoms with Crippen molar-refractivity contribution < 1.29 is 9.90 Å². The molecule has 4 rings (SSSR count). The molecule has 1 N–H and O–H groups in total. The molecule has 1 saturated heterocycles. The molecule has 0 saturated carbocycles. The van der Waals surface area contributed by atoms with Crippen molar-refractivity contribution in [2.75, 3.05) is 6.54 Å². The van der Waals surface area contributed by atoms with Gasteiger partial charge in [-0.2, -0.15) is 0 Å². The average molecular weight is 338 g/mol. The highest BCUT2D eigenvalue weighted by atomic mass is 32.1. The molecule has 3 aromatic rings. The van der Waals surface area contributed by atoms with E-state index in [-0.39, 0.29) is 6.04 Å². The van der Waals surface area contributed by atoms with Gasteiger partial charge in [-0.15, -0.1) is 11.3 Å². The lowest BCUT2D eigenvalue weighted by atomic mass is 10.0. The smallest absolute Gasteiger partial charge is 0.320 e. The van der Waals surface area contributed by atoms with Crippen molar-refractivity contribution in [3.63, 3.8) is 0 Å². The highest BCUT2D eigenvalue weighted by molar-refractivity contribution is 7.19. The van der Waals surface area contributed by atoms with Crippen molar-refractivity contribution >= 4 is 27.4 Å². The van der Waals surface area contributed by atoms with Crippen LogP contribution in [-0.4, -0.2) is 33.5 Å². The first kappa shape index (κ1) is 15.3. The van der Waals surface area contributed by atoms with Gasteiger partial charge in [0, 0.05) is 28.5 Å². The molecule has 1 aliphatic rings. The molecule has 4 nitrogen and oxygen atoms in total. The number of fused-ring (bicyclic) bond motifs is 1. The number of thiophene rings is 1. The molecular formula is C19H18N2O2S. The fourth-order valence-corrected chi connectivity index (χ4v) is 4.78. The van der Waals surface area contributed by atoms with E-state index in [4.69, 9.17) is 0 Å². The SMILES string of the molecule is O=C(O)C1CCCN1C(c1ccncc1)c1cc2ccccc2s1. The molecule has 0 amide bonds. The van der Waals surface area contributed by atoms with E-state index in [1.165, 1.54) is 15.0 Å². The summed E-state index contributed by atoms with van der Waals surface area (Å²) in [6.07, 6.45) is 5.19. The number of carboxylic acid groups (broad SMARTS) is 1. The average Bonchev–Trinajstić information content (AvgIpc) is 3.23. The fourth-order valence-electron chi connectivity index (χ4n) is 3.57. The lowest BCUT2D eigenvalue weighted by Crippen LogP contribution is -2.39. The summed E-state index contributed by atoms with van der Waals surface area (Å²) >= 11 is 1.75. The highest BCUT2D eigenvalue weighted by Crippen LogP contribution is 2.39. The van der Waals surface area contributed by atoms with Crippen LogP contribution < -0.4 is 0 Å². The molecule has 2 unspecified atom stereocenters. The number of hydrogen-bond donors (Lipinski definition) is 1. The maximum atomic E-state index is 11.7. The standard InChI is InChI=1S/C19H18N2O2S/c22-19(23)15-5-3-11-21(15)18(13-7-9-20-10-8-13)17-12-14-4-1-2-6-16(14)24-17/h1-2,4,6-10,12,15,18H,3,5,11H2,(H,22,23). The molecule has 5 heteroatoms. The van der Waals surface area contributed by atoms with E-state index in [2.05, 4.69) is 28.1 Å². The number of nitrogens with zero attached hydrogens (tertiary/aromatic N) is 2. The second-order valence-electron chi connectivity index (χ2n) is 6.10. The Bertz CT molecular complexity index is 829. The minimum atomic E-state index is -0.729. The van der Waals surface area contributed by atoms with Gasteiger partial charge in [-0.05, 0) is 48.1 Å². The number of carboxylic acids is 1. The third kappa shape index (κ3) is 2.70. The van der Waals surface area contributed by atoms with Crippen LogP contribution in [-0.2, 0) is 4.79 Å². The quantitative estimate of drug-likeness (QED) is 0.783. The molecule has 0 aliphatic carbocycles. The summed E-state index contributed by atoms with van der Waals surface area (Å²) in [5.74, 6) is -0.729. The third-order valence-electron chi connectivity index (χ3n) is 4.65. The minimum absolute atomic E-state index is 0.0333. The Balaban J connectivity index is 1.83. The molecule has 0 bridgehead atoms. The summed E-state index contributed by atoms with van der Waals surface area (Å²) in [6, 6.07) is 14.0. The van der Waals surface area contributed by atoms with Gasteiger partial charge in [0.15, 0.2) is 0 Å². The predicted octanol–water partition coefficient (Wildman–Crippen LogP) is 3.93. The lowest BCUT2D eigenvalue weighted by Gasteiger charge is -2.30. The normalized spacial score (nSPS) is 19.6. The van der Waals surface area contributed by atoms with Crippen molar-refractivity contribution in [3.05, 3.63) is 65.3 Å². The van der Waals surface area contributed by atoms with Gasteiger partial charge in [-0.3, -0.25) is 14.7 Å². The Morgan fingerprint density at radius 1 is 1.25 bits per heavy atom. The van der Waals surface area contributed by atoms with Crippen LogP contribution in [0, 0.1) is 0 Å².